The van der Waals surface area contributed by atoms with Crippen LogP contribution in [0.4, 0.5) is 5.69 Å². The van der Waals surface area contributed by atoms with Crippen molar-refractivity contribution in [3.63, 3.8) is 0 Å². The van der Waals surface area contributed by atoms with Crippen molar-refractivity contribution in [2.24, 2.45) is 0 Å². The van der Waals surface area contributed by atoms with Gasteiger partial charge in [0.1, 0.15) is 11.9 Å². The molecule has 3 nitrogen and oxygen atoms in total. The lowest BCUT2D eigenvalue weighted by Crippen LogP contribution is -2.27. The molecule has 1 aliphatic carbocycles. The minimum Gasteiger partial charge on any atom is -0.497 e. The summed E-state index contributed by atoms with van der Waals surface area (Å²) in [5, 5.41) is 13.8. The lowest BCUT2D eigenvalue weighted by atomic mass is 9.91. The van der Waals surface area contributed by atoms with E-state index in [1.807, 2.05) is 60.7 Å². The number of aliphatic hydroxyl groups is 1. The van der Waals surface area contributed by atoms with Crippen molar-refractivity contribution >= 4 is 11.8 Å². The van der Waals surface area contributed by atoms with E-state index in [0.29, 0.717) is 0 Å². The molecule has 2 atom stereocenters. The van der Waals surface area contributed by atoms with Crippen molar-refractivity contribution in [1.82, 2.24) is 0 Å². The number of anilines is 1. The highest BCUT2D eigenvalue weighted by Gasteiger charge is 2.23. The van der Waals surface area contributed by atoms with Gasteiger partial charge in [-0.3, -0.25) is 0 Å². The third-order valence-corrected chi connectivity index (χ3v) is 3.56. The second kappa shape index (κ2) is 5.39. The molecule has 102 valence electrons. The Kier molecular flexibility index (Phi) is 3.44. The van der Waals surface area contributed by atoms with Gasteiger partial charge >= 0.3 is 0 Å². The molecular formula is C17H17NO2. The fraction of sp³-hybridized carbons (Fsp3) is 0.176. The zero-order valence-corrected chi connectivity index (χ0v) is 11.3. The summed E-state index contributed by atoms with van der Waals surface area (Å²) in [4.78, 5) is 0. The fourth-order valence-corrected chi connectivity index (χ4v) is 2.44. The highest BCUT2D eigenvalue weighted by atomic mass is 16.5. The number of hydrogen-bond donors (Lipinski definition) is 2. The molecule has 0 radical (unpaired) electrons. The van der Waals surface area contributed by atoms with Crippen LogP contribution in [-0.4, -0.2) is 18.3 Å². The Morgan fingerprint density at radius 2 is 1.80 bits per heavy atom. The number of fused-ring (bicyclic) bond motifs is 1. The molecule has 0 bridgehead atoms. The number of hydrogen-bond acceptors (Lipinski definition) is 3. The first-order valence-corrected chi connectivity index (χ1v) is 6.64. The van der Waals surface area contributed by atoms with Gasteiger partial charge in [-0.1, -0.05) is 36.4 Å². The number of nitrogens with one attached hydrogen (secondary N) is 1. The van der Waals surface area contributed by atoms with Crippen molar-refractivity contribution in [1.29, 1.82) is 0 Å². The quantitative estimate of drug-likeness (QED) is 0.897. The first-order valence-electron chi connectivity index (χ1n) is 6.64. The van der Waals surface area contributed by atoms with E-state index >= 15 is 0 Å². The van der Waals surface area contributed by atoms with E-state index in [4.69, 9.17) is 4.74 Å². The van der Waals surface area contributed by atoms with Gasteiger partial charge in [0.15, 0.2) is 0 Å². The molecule has 0 amide bonds. The monoisotopic (exact) mass is 267 g/mol. The predicted molar refractivity (Wildman–Crippen MR) is 80.8 cm³/mol. The maximum absolute atomic E-state index is 10.4. The summed E-state index contributed by atoms with van der Waals surface area (Å²) in [6.45, 7) is 0. The van der Waals surface area contributed by atoms with Crippen LogP contribution in [0.25, 0.3) is 6.08 Å². The molecule has 0 saturated heterocycles. The minimum absolute atomic E-state index is 0.127. The van der Waals surface area contributed by atoms with E-state index < -0.39 is 6.10 Å². The molecular weight excluding hydrogens is 250 g/mol. The third-order valence-electron chi connectivity index (χ3n) is 3.56. The largest absolute Gasteiger partial charge is 0.497 e. The Morgan fingerprint density at radius 3 is 2.55 bits per heavy atom. The second-order valence-corrected chi connectivity index (χ2v) is 4.83. The molecule has 3 rings (SSSR count). The van der Waals surface area contributed by atoms with Gasteiger partial charge in [-0.25, -0.2) is 0 Å². The van der Waals surface area contributed by atoms with Crippen LogP contribution in [0.1, 0.15) is 17.2 Å². The Balaban J connectivity index is 1.79. The van der Waals surface area contributed by atoms with Crippen molar-refractivity contribution in [2.75, 3.05) is 12.4 Å². The average Bonchev–Trinajstić information content (AvgIpc) is 2.51. The molecule has 0 unspecified atom stereocenters. The van der Waals surface area contributed by atoms with Crippen molar-refractivity contribution in [3.8, 4) is 5.75 Å². The maximum atomic E-state index is 10.4. The standard InChI is InChI=1S/C17H17NO2/c1-20-14-9-7-13(8-10-14)18-16-11-6-12-4-2-3-5-15(12)17(16)19/h2-11,16-19H,1H3/t16-,17-/m1/s1. The Hall–Kier alpha value is -2.26. The molecule has 3 heteroatoms. The highest BCUT2D eigenvalue weighted by Crippen LogP contribution is 2.30. The van der Waals surface area contributed by atoms with E-state index in [1.165, 1.54) is 0 Å². The van der Waals surface area contributed by atoms with E-state index in [-0.39, 0.29) is 6.04 Å². The first-order chi connectivity index (χ1) is 9.78. The highest BCUT2D eigenvalue weighted by molar-refractivity contribution is 5.61. The smallest absolute Gasteiger partial charge is 0.119 e. The Labute approximate surface area is 118 Å². The summed E-state index contributed by atoms with van der Waals surface area (Å²) in [7, 11) is 1.65. The third kappa shape index (κ3) is 2.40. The summed E-state index contributed by atoms with van der Waals surface area (Å²) in [5.41, 5.74) is 2.99. The van der Waals surface area contributed by atoms with Gasteiger partial charge in [-0.2, -0.15) is 0 Å². The molecule has 0 fully saturated rings. The van der Waals surface area contributed by atoms with Crippen LogP contribution in [0.5, 0.6) is 5.75 Å². The molecule has 1 aliphatic rings. The first kappa shape index (κ1) is 12.8. The summed E-state index contributed by atoms with van der Waals surface area (Å²) >= 11 is 0. The number of benzene rings is 2. The van der Waals surface area contributed by atoms with Gasteiger partial charge < -0.3 is 15.2 Å². The Morgan fingerprint density at radius 1 is 1.05 bits per heavy atom. The second-order valence-electron chi connectivity index (χ2n) is 4.83. The molecule has 2 aromatic carbocycles. The SMILES string of the molecule is COc1ccc(N[C@@H]2C=Cc3ccccc3[C@H]2O)cc1. The van der Waals surface area contributed by atoms with E-state index in [2.05, 4.69) is 5.32 Å². The number of rotatable bonds is 3. The summed E-state index contributed by atoms with van der Waals surface area (Å²) in [5.74, 6) is 0.820. The number of ether oxygens (including phenoxy) is 1. The fourth-order valence-electron chi connectivity index (χ4n) is 2.44. The lowest BCUT2D eigenvalue weighted by molar-refractivity contribution is 0.168. The van der Waals surface area contributed by atoms with Gasteiger partial charge in [0.25, 0.3) is 0 Å². The average molecular weight is 267 g/mol. The number of methoxy groups -OCH3 is 1. The van der Waals surface area contributed by atoms with Crippen LogP contribution in [0.15, 0.2) is 54.6 Å². The van der Waals surface area contributed by atoms with Gasteiger partial charge in [-0.05, 0) is 35.4 Å². The van der Waals surface area contributed by atoms with Gasteiger partial charge in [0.2, 0.25) is 0 Å². The zero-order chi connectivity index (χ0) is 13.9. The molecule has 2 N–H and O–H groups in total. The van der Waals surface area contributed by atoms with Crippen molar-refractivity contribution < 1.29 is 9.84 Å². The normalized spacial score (nSPS) is 20.3. The molecule has 20 heavy (non-hydrogen) atoms. The van der Waals surface area contributed by atoms with Gasteiger partial charge in [0.05, 0.1) is 13.2 Å². The lowest BCUT2D eigenvalue weighted by Gasteiger charge is -2.27. The van der Waals surface area contributed by atoms with E-state index in [0.717, 1.165) is 22.6 Å². The minimum atomic E-state index is -0.543. The predicted octanol–water partition coefficient (Wildman–Crippen LogP) is 3.24. The van der Waals surface area contributed by atoms with Gasteiger partial charge in [0, 0.05) is 5.69 Å². The van der Waals surface area contributed by atoms with Crippen LogP contribution in [-0.2, 0) is 0 Å². The van der Waals surface area contributed by atoms with Crippen LogP contribution in [0.3, 0.4) is 0 Å². The van der Waals surface area contributed by atoms with Crippen LogP contribution >= 0.6 is 0 Å². The maximum Gasteiger partial charge on any atom is 0.119 e. The molecule has 2 aromatic rings. The topological polar surface area (TPSA) is 41.5 Å². The zero-order valence-electron chi connectivity index (χ0n) is 11.3. The van der Waals surface area contributed by atoms with Crippen LogP contribution in [0.2, 0.25) is 0 Å². The molecule has 0 saturated carbocycles. The number of aliphatic hydroxyl groups excluding tert-OH is 1. The molecule has 0 aromatic heterocycles. The summed E-state index contributed by atoms with van der Waals surface area (Å²) in [6, 6.07) is 15.5. The summed E-state index contributed by atoms with van der Waals surface area (Å²) < 4.78 is 5.14. The molecule has 0 aliphatic heterocycles. The van der Waals surface area contributed by atoms with Crippen LogP contribution < -0.4 is 10.1 Å². The van der Waals surface area contributed by atoms with E-state index in [1.54, 1.807) is 7.11 Å². The van der Waals surface area contributed by atoms with Crippen molar-refractivity contribution in [3.05, 3.63) is 65.7 Å². The summed E-state index contributed by atoms with van der Waals surface area (Å²) in [6.07, 6.45) is 3.50. The van der Waals surface area contributed by atoms with Crippen LogP contribution in [0, 0.1) is 0 Å². The van der Waals surface area contributed by atoms with Crippen molar-refractivity contribution in [2.45, 2.75) is 12.1 Å². The van der Waals surface area contributed by atoms with E-state index in [9.17, 15) is 5.11 Å². The Bertz CT molecular complexity index is 619. The van der Waals surface area contributed by atoms with Gasteiger partial charge in [-0.15, -0.1) is 0 Å². The molecule has 0 spiro atoms. The molecule has 0 heterocycles.